The van der Waals surface area contributed by atoms with Crippen LogP contribution in [0.25, 0.3) is 27.5 Å². The predicted octanol–water partition coefficient (Wildman–Crippen LogP) is 6.05. The molecular formula is C24H17NO. The van der Waals surface area contributed by atoms with E-state index in [1.807, 2.05) is 6.07 Å². The van der Waals surface area contributed by atoms with E-state index in [2.05, 4.69) is 83.9 Å². The lowest BCUT2D eigenvalue weighted by Gasteiger charge is -2.25. The molecular weight excluding hydrogens is 318 g/mol. The predicted molar refractivity (Wildman–Crippen MR) is 106 cm³/mol. The fraction of sp³-hybridized carbons (Fsp3) is 0.0833. The third-order valence-corrected chi connectivity index (χ3v) is 5.57. The van der Waals surface area contributed by atoms with E-state index in [9.17, 15) is 0 Å². The smallest absolute Gasteiger partial charge is 0.141 e. The van der Waals surface area contributed by atoms with Gasteiger partial charge >= 0.3 is 0 Å². The highest BCUT2D eigenvalue weighted by Gasteiger charge is 2.32. The first kappa shape index (κ1) is 14.0. The lowest BCUT2D eigenvalue weighted by atomic mass is 9.95. The fourth-order valence-electron chi connectivity index (χ4n) is 4.32. The molecule has 2 aliphatic heterocycles. The molecule has 0 N–H and O–H groups in total. The first-order valence-corrected chi connectivity index (χ1v) is 9.03. The fourth-order valence-corrected chi connectivity index (χ4v) is 4.32. The van der Waals surface area contributed by atoms with E-state index in [1.165, 1.54) is 33.0 Å². The van der Waals surface area contributed by atoms with Crippen LogP contribution in [0.2, 0.25) is 0 Å². The summed E-state index contributed by atoms with van der Waals surface area (Å²) in [5, 5.41) is 2.41. The van der Waals surface area contributed by atoms with Gasteiger partial charge in [-0.15, -0.1) is 0 Å². The summed E-state index contributed by atoms with van der Waals surface area (Å²) >= 11 is 0. The average Bonchev–Trinajstić information content (AvgIpc) is 3.26. The van der Waals surface area contributed by atoms with Crippen LogP contribution in [0.3, 0.4) is 0 Å². The van der Waals surface area contributed by atoms with Crippen molar-refractivity contribution >= 4 is 27.5 Å². The molecule has 3 aromatic carbocycles. The van der Waals surface area contributed by atoms with Crippen molar-refractivity contribution in [2.45, 2.75) is 12.6 Å². The van der Waals surface area contributed by atoms with Gasteiger partial charge in [-0.05, 0) is 34.9 Å². The van der Waals surface area contributed by atoms with E-state index in [-0.39, 0.29) is 6.04 Å². The zero-order valence-corrected chi connectivity index (χ0v) is 14.2. The van der Waals surface area contributed by atoms with Crippen LogP contribution in [0.5, 0.6) is 0 Å². The molecule has 0 spiro atoms. The molecule has 2 heteroatoms. The molecule has 0 amide bonds. The zero-order valence-electron chi connectivity index (χ0n) is 14.2. The summed E-state index contributed by atoms with van der Waals surface area (Å²) in [6.07, 6.45) is 6.81. The summed E-state index contributed by atoms with van der Waals surface area (Å²) in [4.78, 5) is 2.39. The molecule has 0 saturated heterocycles. The molecule has 2 nitrogen and oxygen atoms in total. The van der Waals surface area contributed by atoms with Crippen molar-refractivity contribution < 1.29 is 4.42 Å². The van der Waals surface area contributed by atoms with E-state index in [0.29, 0.717) is 0 Å². The molecule has 26 heavy (non-hydrogen) atoms. The lowest BCUT2D eigenvalue weighted by Crippen LogP contribution is -2.16. The Kier molecular flexibility index (Phi) is 2.75. The first-order valence-electron chi connectivity index (χ1n) is 9.03. The Bertz CT molecular complexity index is 1210. The van der Waals surface area contributed by atoms with E-state index in [1.54, 1.807) is 0 Å². The SMILES string of the molecule is C1=CN2Cc3ccc4c(oc5ccccc54)c3C2C=C1c1ccccc1. The minimum atomic E-state index is 0.231. The van der Waals surface area contributed by atoms with Crippen LogP contribution >= 0.6 is 0 Å². The van der Waals surface area contributed by atoms with Gasteiger partial charge in [-0.3, -0.25) is 0 Å². The molecule has 3 heterocycles. The molecule has 1 unspecified atom stereocenters. The highest BCUT2D eigenvalue weighted by atomic mass is 16.3. The zero-order chi connectivity index (χ0) is 17.1. The van der Waals surface area contributed by atoms with Gasteiger partial charge in [-0.2, -0.15) is 0 Å². The van der Waals surface area contributed by atoms with Crippen LogP contribution in [-0.2, 0) is 6.54 Å². The van der Waals surface area contributed by atoms with Crippen molar-refractivity contribution in [1.29, 1.82) is 0 Å². The van der Waals surface area contributed by atoms with Gasteiger partial charge in [0, 0.05) is 29.1 Å². The topological polar surface area (TPSA) is 16.4 Å². The van der Waals surface area contributed by atoms with Gasteiger partial charge in [0.2, 0.25) is 0 Å². The van der Waals surface area contributed by atoms with E-state index in [0.717, 1.165) is 17.7 Å². The van der Waals surface area contributed by atoms with Crippen molar-refractivity contribution in [2.24, 2.45) is 0 Å². The number of para-hydroxylation sites is 1. The van der Waals surface area contributed by atoms with Crippen molar-refractivity contribution in [3.8, 4) is 0 Å². The Morgan fingerprint density at radius 1 is 0.846 bits per heavy atom. The quantitative estimate of drug-likeness (QED) is 0.421. The van der Waals surface area contributed by atoms with Gasteiger partial charge < -0.3 is 9.32 Å². The number of allylic oxidation sites excluding steroid dienone is 2. The Balaban J connectivity index is 1.58. The number of hydrogen-bond acceptors (Lipinski definition) is 2. The van der Waals surface area contributed by atoms with Crippen LogP contribution in [0, 0.1) is 0 Å². The standard InChI is InChI=1S/C24H17NO/c1-2-6-16(7-3-1)17-12-13-25-15-18-10-11-20-19-8-4-5-9-22(19)26-24(20)23(18)21(25)14-17/h1-14,21H,15H2. The molecule has 6 rings (SSSR count). The van der Waals surface area contributed by atoms with E-state index >= 15 is 0 Å². The van der Waals surface area contributed by atoms with Crippen LogP contribution in [0.1, 0.15) is 22.7 Å². The average molecular weight is 335 g/mol. The van der Waals surface area contributed by atoms with Gasteiger partial charge in [0.25, 0.3) is 0 Å². The van der Waals surface area contributed by atoms with Crippen LogP contribution < -0.4 is 0 Å². The Labute approximate surface area is 151 Å². The van der Waals surface area contributed by atoms with Gasteiger partial charge in [-0.1, -0.05) is 60.7 Å². The first-order chi connectivity index (χ1) is 12.9. The number of hydrogen-bond donors (Lipinski definition) is 0. The number of benzene rings is 3. The molecule has 0 aliphatic carbocycles. The second-order valence-corrected chi connectivity index (χ2v) is 7.03. The third kappa shape index (κ3) is 1.87. The van der Waals surface area contributed by atoms with E-state index in [4.69, 9.17) is 4.42 Å². The maximum absolute atomic E-state index is 6.31. The van der Waals surface area contributed by atoms with Crippen molar-refractivity contribution in [3.63, 3.8) is 0 Å². The molecule has 0 fully saturated rings. The van der Waals surface area contributed by atoms with Gasteiger partial charge in [0.1, 0.15) is 11.2 Å². The molecule has 0 bridgehead atoms. The highest BCUT2D eigenvalue weighted by Crippen LogP contribution is 2.45. The number of nitrogens with zero attached hydrogens (tertiary/aromatic N) is 1. The summed E-state index contributed by atoms with van der Waals surface area (Å²) in [5.41, 5.74) is 7.21. The second-order valence-electron chi connectivity index (χ2n) is 7.03. The summed E-state index contributed by atoms with van der Waals surface area (Å²) in [7, 11) is 0. The van der Waals surface area contributed by atoms with Crippen LogP contribution in [-0.4, -0.2) is 4.90 Å². The van der Waals surface area contributed by atoms with Gasteiger partial charge in [-0.25, -0.2) is 0 Å². The van der Waals surface area contributed by atoms with Crippen LogP contribution in [0.4, 0.5) is 0 Å². The highest BCUT2D eigenvalue weighted by molar-refractivity contribution is 6.06. The summed E-state index contributed by atoms with van der Waals surface area (Å²) in [5.74, 6) is 0. The minimum absolute atomic E-state index is 0.231. The van der Waals surface area contributed by atoms with Crippen molar-refractivity contribution in [1.82, 2.24) is 4.90 Å². The summed E-state index contributed by atoms with van der Waals surface area (Å²) in [6, 6.07) is 23.6. The summed E-state index contributed by atoms with van der Waals surface area (Å²) < 4.78 is 6.31. The maximum atomic E-state index is 6.31. The number of rotatable bonds is 1. The Morgan fingerprint density at radius 2 is 1.69 bits per heavy atom. The van der Waals surface area contributed by atoms with Gasteiger partial charge in [0.05, 0.1) is 6.04 Å². The monoisotopic (exact) mass is 335 g/mol. The Hall–Kier alpha value is -3.26. The van der Waals surface area contributed by atoms with Crippen LogP contribution in [0.15, 0.2) is 89.5 Å². The molecule has 0 radical (unpaired) electrons. The Morgan fingerprint density at radius 3 is 2.62 bits per heavy atom. The van der Waals surface area contributed by atoms with Crippen molar-refractivity contribution in [3.05, 3.63) is 102 Å². The molecule has 0 saturated carbocycles. The second kappa shape index (κ2) is 5.12. The summed E-state index contributed by atoms with van der Waals surface area (Å²) in [6.45, 7) is 0.933. The maximum Gasteiger partial charge on any atom is 0.141 e. The minimum Gasteiger partial charge on any atom is -0.456 e. The number of furan rings is 1. The normalized spacial score (nSPS) is 18.2. The molecule has 1 atom stereocenters. The molecule has 1 aromatic heterocycles. The third-order valence-electron chi connectivity index (χ3n) is 5.57. The van der Waals surface area contributed by atoms with E-state index < -0.39 is 0 Å². The largest absolute Gasteiger partial charge is 0.456 e. The molecule has 124 valence electrons. The molecule has 4 aromatic rings. The van der Waals surface area contributed by atoms with Crippen molar-refractivity contribution in [2.75, 3.05) is 0 Å². The lowest BCUT2D eigenvalue weighted by molar-refractivity contribution is 0.351. The van der Waals surface area contributed by atoms with Gasteiger partial charge in [0.15, 0.2) is 0 Å². The number of fused-ring (bicyclic) bond motifs is 7. The molecule has 2 aliphatic rings.